The normalized spacial score (nSPS) is 10.8. The van der Waals surface area contributed by atoms with E-state index in [1.165, 1.54) is 23.9 Å². The second-order valence-electron chi connectivity index (χ2n) is 5.73. The number of carbonyl (C=O) groups excluding carboxylic acids is 1. The molecule has 0 aliphatic carbocycles. The minimum absolute atomic E-state index is 0.0711. The van der Waals surface area contributed by atoms with Crippen LogP contribution in [0.5, 0.6) is 0 Å². The number of halogens is 1. The molecule has 0 saturated heterocycles. The van der Waals surface area contributed by atoms with Crippen molar-refractivity contribution in [1.82, 2.24) is 10.2 Å². The van der Waals surface area contributed by atoms with Crippen LogP contribution in [0, 0.1) is 17.7 Å². The van der Waals surface area contributed by atoms with Crippen LogP contribution in [-0.2, 0) is 4.79 Å². The lowest BCUT2D eigenvalue weighted by Gasteiger charge is -2.28. The summed E-state index contributed by atoms with van der Waals surface area (Å²) >= 11 is 1.38. The van der Waals surface area contributed by atoms with E-state index in [1.807, 2.05) is 0 Å². The number of hydrogen-bond acceptors (Lipinski definition) is 3. The summed E-state index contributed by atoms with van der Waals surface area (Å²) in [6, 6.07) is 7.01. The Kier molecular flexibility index (Phi) is 8.75. The Bertz CT molecular complexity index is 538. The van der Waals surface area contributed by atoms with Crippen LogP contribution in [0.15, 0.2) is 29.2 Å². The Morgan fingerprint density at radius 3 is 2.35 bits per heavy atom. The van der Waals surface area contributed by atoms with Gasteiger partial charge in [0.15, 0.2) is 0 Å². The molecule has 0 aliphatic rings. The molecule has 0 radical (unpaired) electrons. The predicted molar refractivity (Wildman–Crippen MR) is 94.9 cm³/mol. The zero-order valence-corrected chi connectivity index (χ0v) is 15.0. The summed E-state index contributed by atoms with van der Waals surface area (Å²) in [5.74, 6) is 6.04. The SMILES string of the molecule is CC(C)N(CC#CCNC(=O)CSc1ccc(F)cc1)C(C)C. The fourth-order valence-corrected chi connectivity index (χ4v) is 2.77. The minimum Gasteiger partial charge on any atom is -0.344 e. The van der Waals surface area contributed by atoms with Gasteiger partial charge in [0, 0.05) is 17.0 Å². The molecule has 1 aromatic carbocycles. The first-order chi connectivity index (χ1) is 10.9. The smallest absolute Gasteiger partial charge is 0.231 e. The predicted octanol–water partition coefficient (Wildman–Crippen LogP) is 3.16. The van der Waals surface area contributed by atoms with Gasteiger partial charge in [0.1, 0.15) is 5.82 Å². The quantitative estimate of drug-likeness (QED) is 0.613. The third kappa shape index (κ3) is 8.06. The Balaban J connectivity index is 2.26. The van der Waals surface area contributed by atoms with Crippen molar-refractivity contribution in [3.05, 3.63) is 30.1 Å². The van der Waals surface area contributed by atoms with Crippen molar-refractivity contribution in [2.75, 3.05) is 18.8 Å². The van der Waals surface area contributed by atoms with Crippen molar-refractivity contribution < 1.29 is 9.18 Å². The van der Waals surface area contributed by atoms with Crippen LogP contribution < -0.4 is 5.32 Å². The number of rotatable bonds is 7. The Hall–Kier alpha value is -1.51. The highest BCUT2D eigenvalue weighted by Crippen LogP contribution is 2.17. The van der Waals surface area contributed by atoms with E-state index in [0.717, 1.165) is 4.90 Å². The molecular formula is C18H25FN2OS. The van der Waals surface area contributed by atoms with Crippen LogP contribution in [0.2, 0.25) is 0 Å². The lowest BCUT2D eigenvalue weighted by molar-refractivity contribution is -0.118. The lowest BCUT2D eigenvalue weighted by Crippen LogP contribution is -2.37. The van der Waals surface area contributed by atoms with Crippen molar-refractivity contribution in [3.8, 4) is 11.8 Å². The molecule has 0 fully saturated rings. The molecule has 0 spiro atoms. The van der Waals surface area contributed by atoms with E-state index in [-0.39, 0.29) is 11.7 Å². The maximum absolute atomic E-state index is 12.8. The summed E-state index contributed by atoms with van der Waals surface area (Å²) in [7, 11) is 0. The highest BCUT2D eigenvalue weighted by Gasteiger charge is 2.10. The molecule has 1 N–H and O–H groups in total. The van der Waals surface area contributed by atoms with E-state index in [0.29, 0.717) is 30.9 Å². The second-order valence-corrected chi connectivity index (χ2v) is 6.78. The molecule has 23 heavy (non-hydrogen) atoms. The molecule has 0 aliphatic heterocycles. The summed E-state index contributed by atoms with van der Waals surface area (Å²) in [6.07, 6.45) is 0. The van der Waals surface area contributed by atoms with Crippen LogP contribution in [0.3, 0.4) is 0 Å². The van der Waals surface area contributed by atoms with Crippen molar-refractivity contribution in [3.63, 3.8) is 0 Å². The van der Waals surface area contributed by atoms with E-state index < -0.39 is 0 Å². The van der Waals surface area contributed by atoms with Gasteiger partial charge in [0.2, 0.25) is 5.91 Å². The molecule has 0 atom stereocenters. The monoisotopic (exact) mass is 336 g/mol. The maximum Gasteiger partial charge on any atom is 0.231 e. The summed E-state index contributed by atoms with van der Waals surface area (Å²) in [6.45, 7) is 9.65. The second kappa shape index (κ2) is 10.3. The number of nitrogens with zero attached hydrogens (tertiary/aromatic N) is 1. The molecule has 1 rings (SSSR count). The van der Waals surface area contributed by atoms with Gasteiger partial charge in [-0.15, -0.1) is 11.8 Å². The standard InChI is InChI=1S/C18H25FN2OS/c1-14(2)21(15(3)4)12-6-5-11-20-18(22)13-23-17-9-7-16(19)8-10-17/h7-10,14-15H,11-13H2,1-4H3,(H,20,22). The Labute approximate surface area is 143 Å². The first-order valence-corrected chi connectivity index (χ1v) is 8.75. The highest BCUT2D eigenvalue weighted by atomic mass is 32.2. The summed E-state index contributed by atoms with van der Waals surface area (Å²) in [4.78, 5) is 14.9. The highest BCUT2D eigenvalue weighted by molar-refractivity contribution is 8.00. The van der Waals surface area contributed by atoms with Crippen LogP contribution in [0.4, 0.5) is 4.39 Å². The number of benzene rings is 1. The molecule has 1 aromatic rings. The van der Waals surface area contributed by atoms with Crippen molar-refractivity contribution >= 4 is 17.7 Å². The van der Waals surface area contributed by atoms with E-state index in [1.54, 1.807) is 12.1 Å². The molecule has 0 bridgehead atoms. The molecule has 3 nitrogen and oxygen atoms in total. The van der Waals surface area contributed by atoms with E-state index in [2.05, 4.69) is 49.8 Å². The van der Waals surface area contributed by atoms with Gasteiger partial charge in [-0.3, -0.25) is 9.69 Å². The van der Waals surface area contributed by atoms with Gasteiger partial charge in [0.05, 0.1) is 18.8 Å². The first kappa shape index (κ1) is 19.5. The van der Waals surface area contributed by atoms with Gasteiger partial charge in [-0.05, 0) is 52.0 Å². The zero-order chi connectivity index (χ0) is 17.2. The van der Waals surface area contributed by atoms with Crippen LogP contribution in [0.1, 0.15) is 27.7 Å². The van der Waals surface area contributed by atoms with Crippen LogP contribution >= 0.6 is 11.8 Å². The van der Waals surface area contributed by atoms with E-state index in [9.17, 15) is 9.18 Å². The van der Waals surface area contributed by atoms with E-state index in [4.69, 9.17) is 0 Å². The Morgan fingerprint density at radius 2 is 1.78 bits per heavy atom. The largest absolute Gasteiger partial charge is 0.344 e. The summed E-state index contributed by atoms with van der Waals surface area (Å²) in [5.41, 5.74) is 0. The van der Waals surface area contributed by atoms with Crippen LogP contribution in [0.25, 0.3) is 0 Å². The number of thioether (sulfide) groups is 1. The molecule has 0 aromatic heterocycles. The molecule has 0 saturated carbocycles. The minimum atomic E-state index is -0.272. The third-order valence-electron chi connectivity index (χ3n) is 3.27. The molecule has 5 heteroatoms. The number of amides is 1. The molecule has 0 unspecified atom stereocenters. The molecular weight excluding hydrogens is 311 g/mol. The van der Waals surface area contributed by atoms with Gasteiger partial charge in [-0.1, -0.05) is 11.8 Å². The molecule has 1 amide bonds. The van der Waals surface area contributed by atoms with Crippen molar-refractivity contribution in [1.29, 1.82) is 0 Å². The van der Waals surface area contributed by atoms with E-state index >= 15 is 0 Å². The van der Waals surface area contributed by atoms with Crippen LogP contribution in [-0.4, -0.2) is 41.7 Å². The van der Waals surface area contributed by atoms with Crippen molar-refractivity contribution in [2.45, 2.75) is 44.7 Å². The number of nitrogens with one attached hydrogen (secondary N) is 1. The van der Waals surface area contributed by atoms with Gasteiger partial charge in [-0.25, -0.2) is 4.39 Å². The summed E-state index contributed by atoms with van der Waals surface area (Å²) < 4.78 is 12.8. The van der Waals surface area contributed by atoms with Gasteiger partial charge < -0.3 is 5.32 Å². The zero-order valence-electron chi connectivity index (χ0n) is 14.2. The first-order valence-electron chi connectivity index (χ1n) is 7.76. The fourth-order valence-electron chi connectivity index (χ4n) is 2.04. The molecule has 126 valence electrons. The average molecular weight is 336 g/mol. The maximum atomic E-state index is 12.8. The Morgan fingerprint density at radius 1 is 1.17 bits per heavy atom. The lowest BCUT2D eigenvalue weighted by atomic mass is 10.2. The summed E-state index contributed by atoms with van der Waals surface area (Å²) in [5, 5.41) is 2.77. The number of hydrogen-bond donors (Lipinski definition) is 1. The van der Waals surface area contributed by atoms with Crippen molar-refractivity contribution in [2.24, 2.45) is 0 Å². The molecule has 0 heterocycles. The van der Waals surface area contributed by atoms with Gasteiger partial charge in [0.25, 0.3) is 0 Å². The topological polar surface area (TPSA) is 32.3 Å². The fraction of sp³-hybridized carbons (Fsp3) is 0.500. The van der Waals surface area contributed by atoms with Gasteiger partial charge >= 0.3 is 0 Å². The number of carbonyl (C=O) groups is 1. The third-order valence-corrected chi connectivity index (χ3v) is 4.28. The van der Waals surface area contributed by atoms with Gasteiger partial charge in [-0.2, -0.15) is 0 Å². The average Bonchev–Trinajstić information content (AvgIpc) is 2.49.